The number of likely N-dealkylation sites (tertiary alicyclic amines) is 1. The number of nitrogens with zero attached hydrogens (tertiary/aromatic N) is 3. The molecule has 0 aromatic heterocycles. The Bertz CT molecular complexity index is 378. The fourth-order valence-electron chi connectivity index (χ4n) is 3.46. The molecule has 17 heavy (non-hydrogen) atoms. The molecular weight excluding hydrogens is 238 g/mol. The summed E-state index contributed by atoms with van der Waals surface area (Å²) in [5.74, 6) is 1.11. The monoisotopic (exact) mass is 259 g/mol. The molecule has 0 aromatic carbocycles. The van der Waals surface area contributed by atoms with Crippen molar-refractivity contribution in [1.29, 1.82) is 0 Å². The van der Waals surface area contributed by atoms with Crippen molar-refractivity contribution in [2.75, 3.05) is 46.3 Å². The molecule has 5 nitrogen and oxygen atoms in total. The Morgan fingerprint density at radius 3 is 1.94 bits per heavy atom. The molecule has 3 fully saturated rings. The average Bonchev–Trinajstić information content (AvgIpc) is 2.88. The Kier molecular flexibility index (Phi) is 2.93. The van der Waals surface area contributed by atoms with Gasteiger partial charge in [-0.05, 0) is 31.7 Å². The Hall–Kier alpha value is -0.170. The normalized spacial score (nSPS) is 36.8. The van der Waals surface area contributed by atoms with Gasteiger partial charge in [-0.1, -0.05) is 0 Å². The van der Waals surface area contributed by atoms with Crippen LogP contribution in [0.25, 0.3) is 0 Å². The second-order valence-electron chi connectivity index (χ2n) is 5.67. The minimum Gasteiger partial charge on any atom is -0.306 e. The van der Waals surface area contributed by atoms with E-state index in [2.05, 4.69) is 11.9 Å². The zero-order valence-corrected chi connectivity index (χ0v) is 11.2. The number of rotatable bonds is 2. The molecule has 0 aliphatic carbocycles. The van der Waals surface area contributed by atoms with Gasteiger partial charge in [-0.3, -0.25) is 0 Å². The van der Waals surface area contributed by atoms with Crippen LogP contribution in [-0.4, -0.2) is 68.2 Å². The van der Waals surface area contributed by atoms with Gasteiger partial charge < -0.3 is 4.90 Å². The fourth-order valence-corrected chi connectivity index (χ4v) is 5.26. The van der Waals surface area contributed by atoms with E-state index >= 15 is 0 Å². The van der Waals surface area contributed by atoms with Crippen molar-refractivity contribution < 1.29 is 8.42 Å². The van der Waals surface area contributed by atoms with Crippen LogP contribution < -0.4 is 0 Å². The van der Waals surface area contributed by atoms with Gasteiger partial charge in [0, 0.05) is 39.3 Å². The highest BCUT2D eigenvalue weighted by Gasteiger charge is 2.44. The first-order chi connectivity index (χ1) is 8.07. The van der Waals surface area contributed by atoms with Crippen molar-refractivity contribution in [3.05, 3.63) is 0 Å². The maximum Gasteiger partial charge on any atom is 0.281 e. The molecule has 3 saturated heterocycles. The predicted molar refractivity (Wildman–Crippen MR) is 65.8 cm³/mol. The molecular formula is C11H21N3O2S. The van der Waals surface area contributed by atoms with Gasteiger partial charge in [0.25, 0.3) is 10.2 Å². The van der Waals surface area contributed by atoms with Crippen molar-refractivity contribution in [2.45, 2.75) is 12.8 Å². The fraction of sp³-hybridized carbons (Fsp3) is 1.00. The standard InChI is InChI=1S/C11H21N3O2S/c1-12-6-10-8-14(9-11(10)7-12)17(15,16)13-4-2-3-5-13/h10-11H,2-9H2,1H3. The lowest BCUT2D eigenvalue weighted by Gasteiger charge is -2.24. The molecule has 3 aliphatic heterocycles. The lowest BCUT2D eigenvalue weighted by atomic mass is 10.0. The molecule has 3 heterocycles. The molecule has 3 aliphatic rings. The predicted octanol–water partition coefficient (Wildman–Crippen LogP) is -0.180. The van der Waals surface area contributed by atoms with Crippen LogP contribution in [0.5, 0.6) is 0 Å². The van der Waals surface area contributed by atoms with E-state index in [-0.39, 0.29) is 0 Å². The van der Waals surface area contributed by atoms with Gasteiger partial charge in [-0.2, -0.15) is 17.0 Å². The van der Waals surface area contributed by atoms with Gasteiger partial charge in [0.1, 0.15) is 0 Å². The molecule has 0 spiro atoms. The zero-order chi connectivity index (χ0) is 12.0. The lowest BCUT2D eigenvalue weighted by Crippen LogP contribution is -2.42. The van der Waals surface area contributed by atoms with E-state index in [0.717, 1.165) is 39.0 Å². The quantitative estimate of drug-likeness (QED) is 0.691. The van der Waals surface area contributed by atoms with E-state index in [9.17, 15) is 8.42 Å². The Morgan fingerprint density at radius 1 is 0.882 bits per heavy atom. The molecule has 0 bridgehead atoms. The molecule has 98 valence electrons. The molecule has 0 saturated carbocycles. The van der Waals surface area contributed by atoms with E-state index in [1.807, 2.05) is 0 Å². The molecule has 3 rings (SSSR count). The van der Waals surface area contributed by atoms with Crippen LogP contribution in [0.3, 0.4) is 0 Å². The van der Waals surface area contributed by atoms with E-state index < -0.39 is 10.2 Å². The summed E-state index contributed by atoms with van der Waals surface area (Å²) in [4.78, 5) is 2.31. The summed E-state index contributed by atoms with van der Waals surface area (Å²) in [6, 6.07) is 0. The van der Waals surface area contributed by atoms with E-state index in [4.69, 9.17) is 0 Å². The van der Waals surface area contributed by atoms with Crippen LogP contribution >= 0.6 is 0 Å². The summed E-state index contributed by atoms with van der Waals surface area (Å²) in [5.41, 5.74) is 0. The largest absolute Gasteiger partial charge is 0.306 e. The van der Waals surface area contributed by atoms with Crippen molar-refractivity contribution >= 4 is 10.2 Å². The van der Waals surface area contributed by atoms with E-state index in [1.165, 1.54) is 0 Å². The minimum absolute atomic E-state index is 0.553. The molecule has 2 unspecified atom stereocenters. The Labute approximate surface area is 104 Å². The SMILES string of the molecule is CN1CC2CN(S(=O)(=O)N3CCCC3)CC2C1. The smallest absolute Gasteiger partial charge is 0.281 e. The third-order valence-electron chi connectivity index (χ3n) is 4.35. The lowest BCUT2D eigenvalue weighted by molar-refractivity contribution is 0.334. The van der Waals surface area contributed by atoms with E-state index in [0.29, 0.717) is 24.9 Å². The first-order valence-corrected chi connectivity index (χ1v) is 7.91. The van der Waals surface area contributed by atoms with Crippen LogP contribution in [0.4, 0.5) is 0 Å². The zero-order valence-electron chi connectivity index (χ0n) is 10.4. The molecule has 0 radical (unpaired) electrons. The third kappa shape index (κ3) is 2.01. The van der Waals surface area contributed by atoms with Gasteiger partial charge in [-0.15, -0.1) is 0 Å². The van der Waals surface area contributed by atoms with Crippen LogP contribution in [-0.2, 0) is 10.2 Å². The number of hydrogen-bond acceptors (Lipinski definition) is 3. The van der Waals surface area contributed by atoms with E-state index in [1.54, 1.807) is 8.61 Å². The maximum atomic E-state index is 12.4. The summed E-state index contributed by atoms with van der Waals surface area (Å²) in [5, 5.41) is 0. The van der Waals surface area contributed by atoms with Crippen LogP contribution in [0.1, 0.15) is 12.8 Å². The maximum absolute atomic E-state index is 12.4. The van der Waals surface area contributed by atoms with Crippen molar-refractivity contribution in [1.82, 2.24) is 13.5 Å². The van der Waals surface area contributed by atoms with Gasteiger partial charge in [0.2, 0.25) is 0 Å². The minimum atomic E-state index is -3.15. The Balaban J connectivity index is 1.70. The van der Waals surface area contributed by atoms with Crippen LogP contribution in [0.2, 0.25) is 0 Å². The number of hydrogen-bond donors (Lipinski definition) is 0. The first kappa shape index (κ1) is 11.9. The topological polar surface area (TPSA) is 43.9 Å². The average molecular weight is 259 g/mol. The molecule has 0 N–H and O–H groups in total. The summed E-state index contributed by atoms with van der Waals surface area (Å²) < 4.78 is 28.2. The first-order valence-electron chi connectivity index (χ1n) is 6.51. The highest BCUT2D eigenvalue weighted by molar-refractivity contribution is 7.86. The molecule has 6 heteroatoms. The highest BCUT2D eigenvalue weighted by Crippen LogP contribution is 2.33. The van der Waals surface area contributed by atoms with Crippen molar-refractivity contribution in [3.63, 3.8) is 0 Å². The second kappa shape index (κ2) is 4.19. The van der Waals surface area contributed by atoms with Gasteiger partial charge in [0.15, 0.2) is 0 Å². The van der Waals surface area contributed by atoms with Crippen LogP contribution in [0, 0.1) is 11.8 Å². The summed E-state index contributed by atoms with van der Waals surface area (Å²) in [6.45, 7) is 5.00. The summed E-state index contributed by atoms with van der Waals surface area (Å²) in [7, 11) is -1.03. The summed E-state index contributed by atoms with van der Waals surface area (Å²) >= 11 is 0. The van der Waals surface area contributed by atoms with Gasteiger partial charge in [-0.25, -0.2) is 0 Å². The highest BCUT2D eigenvalue weighted by atomic mass is 32.2. The molecule has 0 aromatic rings. The van der Waals surface area contributed by atoms with Crippen LogP contribution in [0.15, 0.2) is 0 Å². The van der Waals surface area contributed by atoms with Crippen molar-refractivity contribution in [3.8, 4) is 0 Å². The Morgan fingerprint density at radius 2 is 1.41 bits per heavy atom. The molecule has 0 amide bonds. The molecule has 2 atom stereocenters. The van der Waals surface area contributed by atoms with Gasteiger partial charge in [0.05, 0.1) is 0 Å². The van der Waals surface area contributed by atoms with Crippen molar-refractivity contribution in [2.24, 2.45) is 11.8 Å². The van der Waals surface area contributed by atoms with Gasteiger partial charge >= 0.3 is 0 Å². The second-order valence-corrected chi connectivity index (χ2v) is 7.60. The summed E-state index contributed by atoms with van der Waals surface area (Å²) in [6.07, 6.45) is 2.03. The number of fused-ring (bicyclic) bond motifs is 1. The third-order valence-corrected chi connectivity index (χ3v) is 6.32.